The quantitative estimate of drug-likeness (QED) is 0.818. The Labute approximate surface area is 91.7 Å². The Morgan fingerprint density at radius 1 is 1.60 bits per heavy atom. The molecule has 1 atom stereocenters. The largest absolute Gasteiger partial charge is 0.327 e. The molecule has 1 heterocycles. The number of hydrogen-bond acceptors (Lipinski definition) is 2. The van der Waals surface area contributed by atoms with Gasteiger partial charge in [0.25, 0.3) is 0 Å². The lowest BCUT2D eigenvalue weighted by Gasteiger charge is -2.28. The van der Waals surface area contributed by atoms with Crippen molar-refractivity contribution in [3.63, 3.8) is 0 Å². The minimum atomic E-state index is 0.310. The smallest absolute Gasteiger partial charge is 0.0596 e. The lowest BCUT2D eigenvalue weighted by molar-refractivity contribution is 0.274. The molecule has 1 aliphatic carbocycles. The molecule has 2 rings (SSSR count). The van der Waals surface area contributed by atoms with Crippen LogP contribution in [0, 0.1) is 12.8 Å². The molecule has 3 nitrogen and oxygen atoms in total. The van der Waals surface area contributed by atoms with E-state index in [4.69, 9.17) is 5.73 Å². The van der Waals surface area contributed by atoms with Crippen molar-refractivity contribution in [2.24, 2.45) is 18.7 Å². The molecule has 84 valence electrons. The van der Waals surface area contributed by atoms with Crippen LogP contribution in [0.5, 0.6) is 0 Å². The van der Waals surface area contributed by atoms with E-state index in [2.05, 4.69) is 11.2 Å². The summed E-state index contributed by atoms with van der Waals surface area (Å²) in [5.41, 5.74) is 8.50. The summed E-state index contributed by atoms with van der Waals surface area (Å²) in [6.07, 6.45) is 6.33. The zero-order valence-corrected chi connectivity index (χ0v) is 9.74. The van der Waals surface area contributed by atoms with Gasteiger partial charge in [-0.1, -0.05) is 19.3 Å². The first kappa shape index (κ1) is 10.7. The molecule has 1 aliphatic rings. The molecule has 1 aromatic rings. The molecule has 1 fully saturated rings. The van der Waals surface area contributed by atoms with Crippen LogP contribution in [0.1, 0.15) is 37.1 Å². The molecule has 15 heavy (non-hydrogen) atoms. The van der Waals surface area contributed by atoms with Crippen LogP contribution in [0.4, 0.5) is 0 Å². The van der Waals surface area contributed by atoms with Gasteiger partial charge >= 0.3 is 0 Å². The van der Waals surface area contributed by atoms with Crippen LogP contribution in [0.15, 0.2) is 6.07 Å². The molecule has 0 saturated heterocycles. The Hall–Kier alpha value is -0.830. The summed E-state index contributed by atoms with van der Waals surface area (Å²) in [5.74, 6) is 0.898. The highest BCUT2D eigenvalue weighted by molar-refractivity contribution is 5.09. The van der Waals surface area contributed by atoms with E-state index in [-0.39, 0.29) is 0 Å². The third-order valence-corrected chi connectivity index (χ3v) is 3.43. The third kappa shape index (κ3) is 2.59. The lowest BCUT2D eigenvalue weighted by Crippen LogP contribution is -2.29. The molecule has 0 aromatic carbocycles. The first-order valence-corrected chi connectivity index (χ1v) is 5.90. The second-order valence-corrected chi connectivity index (χ2v) is 4.90. The maximum Gasteiger partial charge on any atom is 0.0596 e. The SMILES string of the molecule is Cc1cc(CC(N)CC2CCC2)n(C)n1. The van der Waals surface area contributed by atoms with Crippen LogP contribution in [-0.2, 0) is 13.5 Å². The molecular weight excluding hydrogens is 186 g/mol. The maximum absolute atomic E-state index is 6.15. The van der Waals surface area contributed by atoms with E-state index in [9.17, 15) is 0 Å². The Bertz CT molecular complexity index is 326. The number of nitrogens with two attached hydrogens (primary N) is 1. The number of aryl methyl sites for hydroxylation is 2. The van der Waals surface area contributed by atoms with Gasteiger partial charge in [-0.2, -0.15) is 5.10 Å². The average Bonchev–Trinajstić information content (AvgIpc) is 2.38. The molecule has 0 spiro atoms. The van der Waals surface area contributed by atoms with Crippen LogP contribution in [-0.4, -0.2) is 15.8 Å². The molecule has 1 unspecified atom stereocenters. The third-order valence-electron chi connectivity index (χ3n) is 3.43. The van der Waals surface area contributed by atoms with Crippen molar-refractivity contribution in [3.05, 3.63) is 17.5 Å². The molecule has 0 radical (unpaired) electrons. The number of aromatic nitrogens is 2. The Morgan fingerprint density at radius 3 is 2.80 bits per heavy atom. The van der Waals surface area contributed by atoms with Crippen LogP contribution >= 0.6 is 0 Å². The van der Waals surface area contributed by atoms with Crippen molar-refractivity contribution >= 4 is 0 Å². The first-order valence-electron chi connectivity index (χ1n) is 5.90. The van der Waals surface area contributed by atoms with Crippen molar-refractivity contribution in [1.82, 2.24) is 9.78 Å². The average molecular weight is 207 g/mol. The van der Waals surface area contributed by atoms with Crippen molar-refractivity contribution in [2.45, 2.75) is 45.1 Å². The fraction of sp³-hybridized carbons (Fsp3) is 0.750. The highest BCUT2D eigenvalue weighted by Crippen LogP contribution is 2.30. The summed E-state index contributed by atoms with van der Waals surface area (Å²) in [7, 11) is 2.00. The van der Waals surface area contributed by atoms with Crippen LogP contribution < -0.4 is 5.73 Å². The maximum atomic E-state index is 6.15. The van der Waals surface area contributed by atoms with Gasteiger partial charge in [0, 0.05) is 25.2 Å². The normalized spacial score (nSPS) is 18.9. The van der Waals surface area contributed by atoms with E-state index in [1.165, 1.54) is 31.4 Å². The molecule has 1 aromatic heterocycles. The Morgan fingerprint density at radius 2 is 2.33 bits per heavy atom. The van der Waals surface area contributed by atoms with Gasteiger partial charge < -0.3 is 5.73 Å². The second-order valence-electron chi connectivity index (χ2n) is 4.90. The summed E-state index contributed by atoms with van der Waals surface area (Å²) >= 11 is 0. The molecule has 1 saturated carbocycles. The standard InChI is InChI=1S/C12H21N3/c1-9-6-12(15(2)14-9)8-11(13)7-10-4-3-5-10/h6,10-11H,3-5,7-8,13H2,1-2H3. The monoisotopic (exact) mass is 207 g/mol. The first-order chi connectivity index (χ1) is 7.15. The van der Waals surface area contributed by atoms with Crippen LogP contribution in [0.3, 0.4) is 0 Å². The van der Waals surface area contributed by atoms with Gasteiger partial charge in [-0.3, -0.25) is 4.68 Å². The molecule has 0 amide bonds. The fourth-order valence-corrected chi connectivity index (χ4v) is 2.36. The van der Waals surface area contributed by atoms with E-state index in [1.807, 2.05) is 18.7 Å². The van der Waals surface area contributed by atoms with Crippen LogP contribution in [0.25, 0.3) is 0 Å². The molecule has 0 aliphatic heterocycles. The van der Waals surface area contributed by atoms with Crippen molar-refractivity contribution < 1.29 is 0 Å². The van der Waals surface area contributed by atoms with E-state index < -0.39 is 0 Å². The van der Waals surface area contributed by atoms with Gasteiger partial charge in [0.15, 0.2) is 0 Å². The predicted molar refractivity (Wildman–Crippen MR) is 61.6 cm³/mol. The summed E-state index contributed by atoms with van der Waals surface area (Å²) in [4.78, 5) is 0. The zero-order valence-electron chi connectivity index (χ0n) is 9.74. The van der Waals surface area contributed by atoms with Crippen molar-refractivity contribution in [3.8, 4) is 0 Å². The van der Waals surface area contributed by atoms with E-state index >= 15 is 0 Å². The van der Waals surface area contributed by atoms with Crippen molar-refractivity contribution in [1.29, 1.82) is 0 Å². The zero-order chi connectivity index (χ0) is 10.8. The summed E-state index contributed by atoms with van der Waals surface area (Å²) in [6.45, 7) is 2.03. The highest BCUT2D eigenvalue weighted by atomic mass is 15.3. The number of hydrogen-bond donors (Lipinski definition) is 1. The summed E-state index contributed by atoms with van der Waals surface area (Å²) in [6, 6.07) is 2.45. The van der Waals surface area contributed by atoms with Gasteiger partial charge in [0.2, 0.25) is 0 Å². The lowest BCUT2D eigenvalue weighted by atomic mass is 9.80. The van der Waals surface area contributed by atoms with E-state index in [0.717, 1.165) is 18.0 Å². The van der Waals surface area contributed by atoms with E-state index in [0.29, 0.717) is 6.04 Å². The van der Waals surface area contributed by atoms with Crippen molar-refractivity contribution in [2.75, 3.05) is 0 Å². The molecule has 0 bridgehead atoms. The predicted octanol–water partition coefficient (Wildman–Crippen LogP) is 1.79. The molecule has 3 heteroatoms. The minimum Gasteiger partial charge on any atom is -0.327 e. The summed E-state index contributed by atoms with van der Waals surface area (Å²) in [5, 5.41) is 4.34. The second kappa shape index (κ2) is 4.35. The van der Waals surface area contributed by atoms with Gasteiger partial charge in [-0.25, -0.2) is 0 Å². The van der Waals surface area contributed by atoms with Gasteiger partial charge in [0.05, 0.1) is 5.69 Å². The van der Waals surface area contributed by atoms with Gasteiger partial charge in [0.1, 0.15) is 0 Å². The molecule has 2 N–H and O–H groups in total. The van der Waals surface area contributed by atoms with Crippen LogP contribution in [0.2, 0.25) is 0 Å². The Balaban J connectivity index is 1.87. The summed E-state index contributed by atoms with van der Waals surface area (Å²) < 4.78 is 1.95. The molecular formula is C12H21N3. The van der Waals surface area contributed by atoms with Gasteiger partial charge in [-0.15, -0.1) is 0 Å². The Kier molecular flexibility index (Phi) is 3.10. The topological polar surface area (TPSA) is 43.8 Å². The fourth-order valence-electron chi connectivity index (χ4n) is 2.36. The number of nitrogens with zero attached hydrogens (tertiary/aromatic N) is 2. The minimum absolute atomic E-state index is 0.310. The highest BCUT2D eigenvalue weighted by Gasteiger charge is 2.20. The van der Waals surface area contributed by atoms with E-state index in [1.54, 1.807) is 0 Å². The van der Waals surface area contributed by atoms with Gasteiger partial charge in [-0.05, 0) is 25.3 Å². The number of rotatable bonds is 4.